The largest absolute Gasteiger partial charge is 0.333 e. The molecular weight excluding hydrogens is 343 g/mol. The third-order valence-corrected chi connectivity index (χ3v) is 7.02. The minimum absolute atomic E-state index is 0. The number of hydrogen-bond acceptors (Lipinski definition) is 2. The van der Waals surface area contributed by atoms with E-state index in [0.717, 1.165) is 53.9 Å². The van der Waals surface area contributed by atoms with Gasteiger partial charge in [0.25, 0.3) is 0 Å². The molecule has 5 unspecified atom stereocenters. The standard InChI is InChI=1S/C19H23ClN2O.ClH/c20-14-3-1-2-11(9-14)15-10-21-6-7-22(15)19(23)18-16-12-4-5-13(8-12)17(16)18;/h1-3,9,12-13,15-18,21H,4-8,10H2;1H. The van der Waals surface area contributed by atoms with E-state index in [1.165, 1.54) is 19.3 Å². The molecule has 5 rings (SSSR count). The van der Waals surface area contributed by atoms with Crippen molar-refractivity contribution in [3.8, 4) is 0 Å². The first kappa shape index (κ1) is 16.7. The summed E-state index contributed by atoms with van der Waals surface area (Å²) >= 11 is 6.17. The van der Waals surface area contributed by atoms with Gasteiger partial charge in [0.2, 0.25) is 5.91 Å². The number of carbonyl (C=O) groups is 1. The van der Waals surface area contributed by atoms with Crippen molar-refractivity contribution in [2.75, 3.05) is 19.6 Å². The predicted octanol–water partition coefficient (Wildman–Crippen LogP) is 3.53. The number of fused-ring (bicyclic) bond motifs is 5. The SMILES string of the molecule is Cl.O=C(C1C2C3CCC(C3)C12)N1CCNCC1c1cccc(Cl)c1. The molecule has 1 heterocycles. The zero-order valence-electron chi connectivity index (χ0n) is 13.7. The molecule has 4 aliphatic rings. The average molecular weight is 367 g/mol. The first-order chi connectivity index (χ1) is 11.2. The lowest BCUT2D eigenvalue weighted by Crippen LogP contribution is -2.49. The van der Waals surface area contributed by atoms with E-state index in [9.17, 15) is 4.79 Å². The Kier molecular flexibility index (Phi) is 4.30. The molecule has 0 radical (unpaired) electrons. The fourth-order valence-electron chi connectivity index (χ4n) is 5.83. The minimum Gasteiger partial charge on any atom is -0.333 e. The van der Waals surface area contributed by atoms with Gasteiger partial charge >= 0.3 is 0 Å². The van der Waals surface area contributed by atoms with E-state index in [-0.39, 0.29) is 18.4 Å². The molecule has 130 valence electrons. The first-order valence-corrected chi connectivity index (χ1v) is 9.38. The zero-order chi connectivity index (χ0) is 15.6. The molecule has 1 N–H and O–H groups in total. The summed E-state index contributed by atoms with van der Waals surface area (Å²) in [4.78, 5) is 15.4. The van der Waals surface area contributed by atoms with Gasteiger partial charge in [-0.25, -0.2) is 0 Å². The first-order valence-electron chi connectivity index (χ1n) is 9.00. The smallest absolute Gasteiger partial charge is 0.226 e. The fraction of sp³-hybridized carbons (Fsp3) is 0.632. The summed E-state index contributed by atoms with van der Waals surface area (Å²) in [5.74, 6) is 3.90. The molecule has 24 heavy (non-hydrogen) atoms. The van der Waals surface area contributed by atoms with Crippen molar-refractivity contribution >= 4 is 29.9 Å². The maximum absolute atomic E-state index is 13.2. The lowest BCUT2D eigenvalue weighted by molar-refractivity contribution is -0.137. The summed E-state index contributed by atoms with van der Waals surface area (Å²) in [7, 11) is 0. The number of amides is 1. The average Bonchev–Trinajstić information content (AvgIpc) is 3.01. The van der Waals surface area contributed by atoms with Crippen LogP contribution in [0.2, 0.25) is 5.02 Å². The molecule has 0 aromatic heterocycles. The van der Waals surface area contributed by atoms with Crippen LogP contribution in [0.5, 0.6) is 0 Å². The van der Waals surface area contributed by atoms with Crippen molar-refractivity contribution in [1.82, 2.24) is 10.2 Å². The summed E-state index contributed by atoms with van der Waals surface area (Å²) in [6.07, 6.45) is 4.14. The molecule has 1 saturated heterocycles. The van der Waals surface area contributed by atoms with Gasteiger partial charge in [-0.05, 0) is 60.6 Å². The molecule has 1 aromatic carbocycles. The van der Waals surface area contributed by atoms with Gasteiger partial charge in [0.15, 0.2) is 0 Å². The van der Waals surface area contributed by atoms with Gasteiger partial charge in [-0.2, -0.15) is 0 Å². The van der Waals surface area contributed by atoms with E-state index in [1.54, 1.807) is 0 Å². The number of halogens is 2. The Morgan fingerprint density at radius 2 is 1.96 bits per heavy atom. The van der Waals surface area contributed by atoms with Crippen LogP contribution in [0.1, 0.15) is 30.9 Å². The maximum Gasteiger partial charge on any atom is 0.226 e. The van der Waals surface area contributed by atoms with Crippen molar-refractivity contribution in [2.45, 2.75) is 25.3 Å². The highest BCUT2D eigenvalue weighted by Crippen LogP contribution is 2.69. The molecule has 3 nitrogen and oxygen atoms in total. The van der Waals surface area contributed by atoms with Crippen molar-refractivity contribution in [3.63, 3.8) is 0 Å². The molecular formula is C19H24Cl2N2O. The van der Waals surface area contributed by atoms with E-state index in [2.05, 4.69) is 16.3 Å². The highest BCUT2D eigenvalue weighted by atomic mass is 35.5. The molecule has 2 bridgehead atoms. The maximum atomic E-state index is 13.2. The summed E-state index contributed by atoms with van der Waals surface area (Å²) in [5.41, 5.74) is 1.16. The molecule has 0 spiro atoms. The normalized spacial score (nSPS) is 39.3. The molecule has 1 aromatic rings. The highest BCUT2D eigenvalue weighted by Gasteiger charge is 2.68. The van der Waals surface area contributed by atoms with E-state index >= 15 is 0 Å². The fourth-order valence-corrected chi connectivity index (χ4v) is 6.03. The van der Waals surface area contributed by atoms with Crippen LogP contribution in [0.4, 0.5) is 0 Å². The summed E-state index contributed by atoms with van der Waals surface area (Å²) in [6, 6.07) is 8.13. The van der Waals surface area contributed by atoms with E-state index < -0.39 is 0 Å². The Bertz CT molecular complexity index is 636. The molecule has 1 aliphatic heterocycles. The third kappa shape index (κ3) is 2.48. The van der Waals surface area contributed by atoms with Crippen LogP contribution in [0.25, 0.3) is 0 Å². The van der Waals surface area contributed by atoms with Crippen LogP contribution in [0, 0.1) is 29.6 Å². The van der Waals surface area contributed by atoms with Gasteiger partial charge in [-0.1, -0.05) is 23.7 Å². The van der Waals surface area contributed by atoms with Crippen molar-refractivity contribution in [2.24, 2.45) is 29.6 Å². The monoisotopic (exact) mass is 366 g/mol. The molecule has 3 saturated carbocycles. The Hall–Kier alpha value is -0.770. The quantitative estimate of drug-likeness (QED) is 0.868. The van der Waals surface area contributed by atoms with Gasteiger partial charge in [-0.3, -0.25) is 4.79 Å². The number of nitrogens with zero attached hydrogens (tertiary/aromatic N) is 1. The summed E-state index contributed by atoms with van der Waals surface area (Å²) < 4.78 is 0. The van der Waals surface area contributed by atoms with E-state index in [0.29, 0.717) is 11.8 Å². The molecule has 5 atom stereocenters. The highest BCUT2D eigenvalue weighted by molar-refractivity contribution is 6.30. The molecule has 3 aliphatic carbocycles. The summed E-state index contributed by atoms with van der Waals surface area (Å²) in [5, 5.41) is 4.19. The Morgan fingerprint density at radius 3 is 2.67 bits per heavy atom. The summed E-state index contributed by atoms with van der Waals surface area (Å²) in [6.45, 7) is 2.56. The number of benzene rings is 1. The van der Waals surface area contributed by atoms with Gasteiger partial charge in [-0.15, -0.1) is 12.4 Å². The lowest BCUT2D eigenvalue weighted by atomic mass is 9.98. The van der Waals surface area contributed by atoms with Crippen LogP contribution < -0.4 is 5.32 Å². The second-order valence-electron chi connectivity index (χ2n) is 7.82. The second kappa shape index (κ2) is 6.19. The number of hydrogen-bond donors (Lipinski definition) is 1. The number of carbonyl (C=O) groups excluding carboxylic acids is 1. The van der Waals surface area contributed by atoms with Crippen molar-refractivity contribution < 1.29 is 4.79 Å². The van der Waals surface area contributed by atoms with Gasteiger partial charge in [0.05, 0.1) is 6.04 Å². The number of nitrogens with one attached hydrogen (secondary N) is 1. The van der Waals surface area contributed by atoms with Gasteiger partial charge < -0.3 is 10.2 Å². The van der Waals surface area contributed by atoms with Crippen LogP contribution in [-0.2, 0) is 4.79 Å². The van der Waals surface area contributed by atoms with Crippen molar-refractivity contribution in [3.05, 3.63) is 34.9 Å². The van der Waals surface area contributed by atoms with Gasteiger partial charge in [0.1, 0.15) is 0 Å². The van der Waals surface area contributed by atoms with E-state index in [4.69, 9.17) is 11.6 Å². The number of rotatable bonds is 2. The Labute approximate surface area is 154 Å². The molecule has 1 amide bonds. The van der Waals surface area contributed by atoms with Crippen LogP contribution in [0.3, 0.4) is 0 Å². The van der Waals surface area contributed by atoms with Crippen LogP contribution in [-0.4, -0.2) is 30.4 Å². The van der Waals surface area contributed by atoms with Crippen LogP contribution >= 0.6 is 24.0 Å². The van der Waals surface area contributed by atoms with Crippen LogP contribution in [0.15, 0.2) is 24.3 Å². The molecule has 4 fully saturated rings. The van der Waals surface area contributed by atoms with E-state index in [1.807, 2.05) is 18.2 Å². The zero-order valence-corrected chi connectivity index (χ0v) is 15.2. The lowest BCUT2D eigenvalue weighted by Gasteiger charge is -2.37. The Balaban J connectivity index is 0.00000146. The van der Waals surface area contributed by atoms with Crippen molar-refractivity contribution in [1.29, 1.82) is 0 Å². The Morgan fingerprint density at radius 1 is 1.21 bits per heavy atom. The number of piperazine rings is 1. The predicted molar refractivity (Wildman–Crippen MR) is 97.3 cm³/mol. The third-order valence-electron chi connectivity index (χ3n) is 6.78. The van der Waals surface area contributed by atoms with Gasteiger partial charge in [0, 0.05) is 30.6 Å². The molecule has 5 heteroatoms. The second-order valence-corrected chi connectivity index (χ2v) is 8.26. The minimum atomic E-state index is 0. The topological polar surface area (TPSA) is 32.3 Å².